The Hall–Kier alpha value is -5.94. The number of halogens is 6. The minimum absolute atomic E-state index is 0.00329. The fraction of sp³-hybridized carbons (Fsp3) is 0.280. The van der Waals surface area contributed by atoms with Crippen molar-refractivity contribution in [2.75, 3.05) is 0 Å². The van der Waals surface area contributed by atoms with Gasteiger partial charge < -0.3 is 23.7 Å². The van der Waals surface area contributed by atoms with Crippen LogP contribution < -0.4 is 18.9 Å². The smallest absolute Gasteiger partial charge is 0.387 e. The third-order valence-electron chi connectivity index (χ3n) is 11.5. The van der Waals surface area contributed by atoms with Crippen molar-refractivity contribution in [3.63, 3.8) is 0 Å². The van der Waals surface area contributed by atoms with Gasteiger partial charge in [0.2, 0.25) is 0 Å². The van der Waals surface area contributed by atoms with Gasteiger partial charge in [0.25, 0.3) is 0 Å². The summed E-state index contributed by atoms with van der Waals surface area (Å²) in [5.74, 6) is -0.172. The average molecular weight is 843 g/mol. The third-order valence-corrected chi connectivity index (χ3v) is 11.5. The lowest BCUT2D eigenvalue weighted by Gasteiger charge is -2.45. The van der Waals surface area contributed by atoms with Crippen LogP contribution in [0.4, 0.5) is 26.3 Å². The summed E-state index contributed by atoms with van der Waals surface area (Å²) in [5, 5.41) is 0. The zero-order chi connectivity index (χ0) is 43.6. The molecule has 320 valence electrons. The Morgan fingerprint density at radius 2 is 0.820 bits per heavy atom. The number of alkyl halides is 4. The molecule has 11 heteroatoms. The summed E-state index contributed by atoms with van der Waals surface area (Å²) in [6.07, 6.45) is 0.173. The summed E-state index contributed by atoms with van der Waals surface area (Å²) >= 11 is 0. The van der Waals surface area contributed by atoms with E-state index in [4.69, 9.17) is 14.2 Å². The number of hydrogen-bond acceptors (Lipinski definition) is 5. The summed E-state index contributed by atoms with van der Waals surface area (Å²) in [6, 6.07) is 39.9. The van der Waals surface area contributed by atoms with Crippen molar-refractivity contribution in [3.05, 3.63) is 179 Å². The van der Waals surface area contributed by atoms with Crippen molar-refractivity contribution in [2.45, 2.75) is 89.6 Å². The molecule has 61 heavy (non-hydrogen) atoms. The van der Waals surface area contributed by atoms with Gasteiger partial charge in [-0.3, -0.25) is 0 Å². The second-order valence-corrected chi connectivity index (χ2v) is 15.2. The maximum atomic E-state index is 15.3. The molecule has 0 saturated heterocycles. The Balaban J connectivity index is 1.46. The maximum absolute atomic E-state index is 15.3. The van der Waals surface area contributed by atoms with Gasteiger partial charge in [-0.05, 0) is 121 Å². The zero-order valence-electron chi connectivity index (χ0n) is 34.3. The van der Waals surface area contributed by atoms with E-state index in [0.29, 0.717) is 35.5 Å². The molecule has 0 bridgehead atoms. The SMILES string of the molecule is CCC(C)(c1ccc(OC(F)F)cc1)C(Cc1ccc(F)c(Oc2ccccc2)c1)OC(Cc1ccc(F)c(Oc2ccccc2)c1)C(C)(CC)c1ccc(OC(F)F)cc1. The molecule has 0 aromatic heterocycles. The predicted octanol–water partition coefficient (Wildman–Crippen LogP) is 14.0. The quantitative estimate of drug-likeness (QED) is 0.0717. The maximum Gasteiger partial charge on any atom is 0.387 e. The average Bonchev–Trinajstić information content (AvgIpc) is 3.25. The molecule has 0 aliphatic heterocycles. The largest absolute Gasteiger partial charge is 0.454 e. The molecule has 0 heterocycles. The monoisotopic (exact) mass is 842 g/mol. The predicted molar refractivity (Wildman–Crippen MR) is 223 cm³/mol. The van der Waals surface area contributed by atoms with Crippen molar-refractivity contribution >= 4 is 0 Å². The van der Waals surface area contributed by atoms with Crippen molar-refractivity contribution in [1.29, 1.82) is 0 Å². The first-order chi connectivity index (χ1) is 29.3. The van der Waals surface area contributed by atoms with Crippen LogP contribution >= 0.6 is 0 Å². The lowest BCUT2D eigenvalue weighted by Crippen LogP contribution is -2.48. The number of rotatable bonds is 20. The van der Waals surface area contributed by atoms with E-state index < -0.39 is 47.9 Å². The highest BCUT2D eigenvalue weighted by molar-refractivity contribution is 5.40. The van der Waals surface area contributed by atoms with Crippen molar-refractivity contribution in [1.82, 2.24) is 0 Å². The van der Waals surface area contributed by atoms with Gasteiger partial charge in [0, 0.05) is 10.8 Å². The van der Waals surface area contributed by atoms with Crippen LogP contribution in [0.5, 0.6) is 34.5 Å². The number of benzene rings is 6. The molecule has 0 amide bonds. The molecule has 6 aromatic rings. The van der Waals surface area contributed by atoms with Crippen LogP contribution in [-0.4, -0.2) is 25.4 Å². The van der Waals surface area contributed by atoms with E-state index in [1.54, 1.807) is 97.1 Å². The normalized spacial score (nSPS) is 14.5. The molecule has 4 unspecified atom stereocenters. The van der Waals surface area contributed by atoms with Crippen LogP contribution in [0.25, 0.3) is 0 Å². The lowest BCUT2D eigenvalue weighted by atomic mass is 9.71. The molecule has 0 saturated carbocycles. The second-order valence-electron chi connectivity index (χ2n) is 15.2. The van der Waals surface area contributed by atoms with Crippen molar-refractivity contribution in [3.8, 4) is 34.5 Å². The first kappa shape index (κ1) is 44.6. The lowest BCUT2D eigenvalue weighted by molar-refractivity contribution is -0.0841. The molecule has 0 N–H and O–H groups in total. The third kappa shape index (κ3) is 11.3. The van der Waals surface area contributed by atoms with Gasteiger partial charge in [-0.1, -0.05) is 100 Å². The van der Waals surface area contributed by atoms with Crippen LogP contribution in [-0.2, 0) is 28.4 Å². The molecule has 6 aromatic carbocycles. The van der Waals surface area contributed by atoms with Crippen molar-refractivity contribution < 1.29 is 50.0 Å². The molecule has 0 aliphatic rings. The van der Waals surface area contributed by atoms with E-state index in [1.807, 2.05) is 39.8 Å². The van der Waals surface area contributed by atoms with Gasteiger partial charge in [0.1, 0.15) is 23.0 Å². The van der Waals surface area contributed by atoms with Gasteiger partial charge in [-0.25, -0.2) is 8.78 Å². The van der Waals surface area contributed by atoms with E-state index >= 15 is 8.78 Å². The highest BCUT2D eigenvalue weighted by atomic mass is 19.3. The van der Waals surface area contributed by atoms with Crippen LogP contribution in [0.3, 0.4) is 0 Å². The van der Waals surface area contributed by atoms with E-state index in [1.165, 1.54) is 36.4 Å². The zero-order valence-corrected chi connectivity index (χ0v) is 34.3. The fourth-order valence-corrected chi connectivity index (χ4v) is 7.48. The van der Waals surface area contributed by atoms with Crippen LogP contribution in [0.1, 0.15) is 62.8 Å². The molecule has 0 fully saturated rings. The van der Waals surface area contributed by atoms with Crippen LogP contribution in [0.2, 0.25) is 0 Å². The fourth-order valence-electron chi connectivity index (χ4n) is 7.48. The Morgan fingerprint density at radius 1 is 0.459 bits per heavy atom. The van der Waals surface area contributed by atoms with Gasteiger partial charge in [0.05, 0.1) is 12.2 Å². The van der Waals surface area contributed by atoms with Gasteiger partial charge >= 0.3 is 13.2 Å². The molecule has 4 atom stereocenters. The van der Waals surface area contributed by atoms with Gasteiger partial charge in [-0.2, -0.15) is 17.6 Å². The minimum atomic E-state index is -3.00. The molecule has 6 rings (SSSR count). The number of ether oxygens (including phenoxy) is 5. The summed E-state index contributed by atoms with van der Waals surface area (Å²) in [7, 11) is 0. The first-order valence-corrected chi connectivity index (χ1v) is 20.1. The number of hydrogen-bond donors (Lipinski definition) is 0. The van der Waals surface area contributed by atoms with Gasteiger partial charge in [0.15, 0.2) is 23.1 Å². The standard InChI is InChI=1S/C50H48F6O5/c1-5-49(3,35-19-23-39(24-20-35)59-47(53)54)45(31-33-17-27-41(51)43(29-33)57-37-13-9-7-10-14-37)61-46(50(4,6-2)36-21-25-40(26-22-36)60-48(55)56)32-34-18-28-42(52)44(30-34)58-38-15-11-8-12-16-38/h7-30,45-48H,5-6,31-32H2,1-4H3. The van der Waals surface area contributed by atoms with Crippen LogP contribution in [0, 0.1) is 11.6 Å². The van der Waals surface area contributed by atoms with Gasteiger partial charge in [-0.15, -0.1) is 0 Å². The Bertz CT molecular complexity index is 2130. The van der Waals surface area contributed by atoms with Crippen molar-refractivity contribution in [2.24, 2.45) is 0 Å². The molecule has 0 spiro atoms. The highest BCUT2D eigenvalue weighted by Crippen LogP contribution is 2.43. The van der Waals surface area contributed by atoms with E-state index in [2.05, 4.69) is 9.47 Å². The molecule has 0 aliphatic carbocycles. The minimum Gasteiger partial charge on any atom is -0.454 e. The summed E-state index contributed by atoms with van der Waals surface area (Å²) in [4.78, 5) is 0. The molecular formula is C50H48F6O5. The molecular weight excluding hydrogens is 795 g/mol. The Morgan fingerprint density at radius 3 is 1.15 bits per heavy atom. The Labute approximate surface area is 352 Å². The summed E-state index contributed by atoms with van der Waals surface area (Å²) in [5.41, 5.74) is 1.33. The Kier molecular flexibility index (Phi) is 14.7. The summed E-state index contributed by atoms with van der Waals surface area (Å²) in [6.45, 7) is 2.03. The molecule has 5 nitrogen and oxygen atoms in total. The highest BCUT2D eigenvalue weighted by Gasteiger charge is 2.43. The second kappa shape index (κ2) is 20.1. The summed E-state index contributed by atoms with van der Waals surface area (Å²) < 4.78 is 112. The topological polar surface area (TPSA) is 46.2 Å². The van der Waals surface area contributed by atoms with E-state index in [0.717, 1.165) is 11.1 Å². The first-order valence-electron chi connectivity index (χ1n) is 20.1. The van der Waals surface area contributed by atoms with E-state index in [9.17, 15) is 17.6 Å². The van der Waals surface area contributed by atoms with Crippen LogP contribution in [0.15, 0.2) is 146 Å². The molecule has 0 radical (unpaired) electrons. The van der Waals surface area contributed by atoms with E-state index in [-0.39, 0.29) is 35.8 Å². The number of para-hydroxylation sites is 2.